The summed E-state index contributed by atoms with van der Waals surface area (Å²) in [4.78, 5) is 0. The summed E-state index contributed by atoms with van der Waals surface area (Å²) in [6.45, 7) is 1.78. The summed E-state index contributed by atoms with van der Waals surface area (Å²) in [6.07, 6.45) is 0.491. The first-order valence-corrected chi connectivity index (χ1v) is 3.80. The van der Waals surface area contributed by atoms with Gasteiger partial charge in [0.05, 0.1) is 0 Å². The van der Waals surface area contributed by atoms with E-state index in [0.717, 1.165) is 0 Å². The topological polar surface area (TPSA) is 34.1 Å². The quantitative estimate of drug-likeness (QED) is 0.555. The lowest BCUT2D eigenvalue weighted by Crippen LogP contribution is -1.89. The zero-order chi connectivity index (χ0) is 5.70. The van der Waals surface area contributed by atoms with Crippen LogP contribution in [0.4, 0.5) is 0 Å². The summed E-state index contributed by atoms with van der Waals surface area (Å²) in [5, 5.41) is 0. The lowest BCUT2D eigenvalue weighted by atomic mass is 10.6. The lowest BCUT2D eigenvalue weighted by Gasteiger charge is -1.86. The molecule has 0 spiro atoms. The fraction of sp³-hybridized carbons (Fsp3) is 1.00. The molecular weight excluding hydrogens is 130 g/mol. The van der Waals surface area contributed by atoms with E-state index in [9.17, 15) is 9.13 Å². The van der Waals surface area contributed by atoms with E-state index in [4.69, 9.17) is 0 Å². The summed E-state index contributed by atoms with van der Waals surface area (Å²) in [5.74, 6) is 0. The van der Waals surface area contributed by atoms with Gasteiger partial charge in [-0.15, -0.1) is 0 Å². The Balaban J connectivity index is 3.15. The van der Waals surface area contributed by atoms with Crippen LogP contribution < -0.4 is 0 Å². The molecule has 0 aliphatic carbocycles. The van der Waals surface area contributed by atoms with E-state index in [2.05, 4.69) is 0 Å². The van der Waals surface area contributed by atoms with Gasteiger partial charge in [-0.05, 0) is 0 Å². The van der Waals surface area contributed by atoms with Crippen molar-refractivity contribution in [3.8, 4) is 0 Å². The smallest absolute Gasteiger partial charge is 0.159 e. The largest absolute Gasteiger partial charge is 0.275 e. The van der Waals surface area contributed by atoms with Gasteiger partial charge in [-0.3, -0.25) is 9.13 Å². The van der Waals surface area contributed by atoms with Crippen LogP contribution in [0.1, 0.15) is 6.92 Å². The summed E-state index contributed by atoms with van der Waals surface area (Å²) in [5.41, 5.74) is 0.0409. The molecule has 1 atom stereocenters. The molecule has 1 unspecified atom stereocenters. The van der Waals surface area contributed by atoms with Crippen molar-refractivity contribution < 1.29 is 9.13 Å². The molecule has 40 valence electrons. The highest BCUT2D eigenvalue weighted by Gasteiger charge is 1.96. The van der Waals surface area contributed by atoms with E-state index in [-0.39, 0.29) is 22.6 Å². The molecule has 2 nitrogen and oxygen atoms in total. The molecule has 0 aromatic heterocycles. The van der Waals surface area contributed by atoms with Crippen LogP contribution in [0.5, 0.6) is 0 Å². The molecule has 0 saturated carbocycles. The van der Waals surface area contributed by atoms with Crippen LogP contribution in [0.2, 0.25) is 0 Å². The minimum Gasteiger partial charge on any atom is -0.275 e. The van der Waals surface area contributed by atoms with Crippen LogP contribution in [0, 0.1) is 0 Å². The van der Waals surface area contributed by atoms with Crippen molar-refractivity contribution in [3.05, 3.63) is 0 Å². The van der Waals surface area contributed by atoms with E-state index in [1.165, 1.54) is 0 Å². The van der Waals surface area contributed by atoms with Crippen molar-refractivity contribution in [3.63, 3.8) is 0 Å². The van der Waals surface area contributed by atoms with Gasteiger partial charge < -0.3 is 0 Å². The molecule has 0 aliphatic heterocycles. The molecule has 4 heteroatoms. The second-order valence-electron chi connectivity index (χ2n) is 1.27. The molecule has 0 radical (unpaired) electrons. The average molecular weight is 136 g/mol. The Morgan fingerprint density at radius 3 is 2.29 bits per heavy atom. The summed E-state index contributed by atoms with van der Waals surface area (Å²) < 4.78 is 19.6. The van der Waals surface area contributed by atoms with Gasteiger partial charge in [-0.1, -0.05) is 6.92 Å². The first-order chi connectivity index (χ1) is 3.31. The monoisotopic (exact) mass is 136 g/mol. The fourth-order valence-corrected chi connectivity index (χ4v) is 0.824. The van der Waals surface area contributed by atoms with Crippen molar-refractivity contribution in [2.75, 3.05) is 6.16 Å². The van der Waals surface area contributed by atoms with Gasteiger partial charge in [0.15, 0.2) is 16.9 Å². The molecule has 0 rings (SSSR count). The Morgan fingerprint density at radius 1 is 1.57 bits per heavy atom. The lowest BCUT2D eigenvalue weighted by molar-refractivity contribution is 0.589. The van der Waals surface area contributed by atoms with Crippen LogP contribution in [-0.2, 0) is 9.13 Å². The maximum atomic E-state index is 9.85. The molecule has 0 amide bonds. The molecular formula is C3H6O2P2. The average Bonchev–Trinajstić information content (AvgIpc) is 1.68. The van der Waals surface area contributed by atoms with Crippen molar-refractivity contribution in [1.29, 1.82) is 0 Å². The molecule has 7 heavy (non-hydrogen) atoms. The van der Waals surface area contributed by atoms with Gasteiger partial charge in [-0.25, -0.2) is 0 Å². The Kier molecular flexibility index (Phi) is 4.49. The van der Waals surface area contributed by atoms with Crippen LogP contribution in [0.3, 0.4) is 0 Å². The standard InChI is InChI=1S/C3H6O2P2/c1-3(7-5)2-6-4/h3H,2H2,1H3. The Bertz CT molecular complexity index is 73.3. The molecule has 0 aliphatic rings. The third-order valence-corrected chi connectivity index (χ3v) is 2.05. The highest BCUT2D eigenvalue weighted by atomic mass is 31.1. The van der Waals surface area contributed by atoms with E-state index in [0.29, 0.717) is 6.16 Å². The number of hydrogen-bond donors (Lipinski definition) is 0. The predicted molar refractivity (Wildman–Crippen MR) is 29.5 cm³/mol. The van der Waals surface area contributed by atoms with Crippen molar-refractivity contribution in [2.45, 2.75) is 12.6 Å². The summed E-state index contributed by atoms with van der Waals surface area (Å²) in [6, 6.07) is 0. The zero-order valence-corrected chi connectivity index (χ0v) is 5.78. The zero-order valence-electron chi connectivity index (χ0n) is 4.00. The van der Waals surface area contributed by atoms with Crippen LogP contribution in [0.15, 0.2) is 0 Å². The maximum absolute atomic E-state index is 9.85. The van der Waals surface area contributed by atoms with Crippen LogP contribution >= 0.6 is 16.9 Å². The Hall–Kier alpha value is 0.200. The van der Waals surface area contributed by atoms with E-state index < -0.39 is 0 Å². The maximum Gasteiger partial charge on any atom is 0.159 e. The van der Waals surface area contributed by atoms with E-state index in [1.54, 1.807) is 6.92 Å². The molecule has 0 N–H and O–H groups in total. The molecule has 0 saturated heterocycles. The first kappa shape index (κ1) is 7.20. The van der Waals surface area contributed by atoms with Crippen molar-refractivity contribution in [1.82, 2.24) is 0 Å². The van der Waals surface area contributed by atoms with Gasteiger partial charge in [-0.2, -0.15) is 0 Å². The van der Waals surface area contributed by atoms with Gasteiger partial charge in [0, 0.05) is 11.8 Å². The summed E-state index contributed by atoms with van der Waals surface area (Å²) in [7, 11) is 0.170. The second kappa shape index (κ2) is 4.36. The normalized spacial score (nSPS) is 15.0. The van der Waals surface area contributed by atoms with Crippen LogP contribution in [-0.4, -0.2) is 11.8 Å². The van der Waals surface area contributed by atoms with Gasteiger partial charge >= 0.3 is 0 Å². The van der Waals surface area contributed by atoms with Crippen molar-refractivity contribution >= 4 is 16.9 Å². The van der Waals surface area contributed by atoms with Gasteiger partial charge in [0.1, 0.15) is 0 Å². The summed E-state index contributed by atoms with van der Waals surface area (Å²) >= 11 is 0. The van der Waals surface area contributed by atoms with E-state index in [1.807, 2.05) is 0 Å². The highest BCUT2D eigenvalue weighted by Crippen LogP contribution is 2.09. The van der Waals surface area contributed by atoms with Gasteiger partial charge in [0.25, 0.3) is 0 Å². The minimum absolute atomic E-state index is 0.0409. The minimum atomic E-state index is 0.0409. The van der Waals surface area contributed by atoms with Crippen molar-refractivity contribution in [2.24, 2.45) is 0 Å². The Morgan fingerprint density at radius 2 is 2.14 bits per heavy atom. The molecule has 0 bridgehead atoms. The highest BCUT2D eigenvalue weighted by molar-refractivity contribution is 7.29. The number of rotatable bonds is 3. The molecule has 0 fully saturated rings. The third-order valence-electron chi connectivity index (χ3n) is 0.519. The Labute approximate surface area is 45.7 Å². The van der Waals surface area contributed by atoms with Crippen LogP contribution in [0.25, 0.3) is 0 Å². The molecule has 0 heterocycles. The van der Waals surface area contributed by atoms with E-state index >= 15 is 0 Å². The SMILES string of the molecule is CC(CP=O)P=O. The first-order valence-electron chi connectivity index (χ1n) is 1.93. The molecule has 0 aromatic rings. The second-order valence-corrected chi connectivity index (χ2v) is 2.98. The molecule has 0 aromatic carbocycles. The van der Waals surface area contributed by atoms with Gasteiger partial charge in [0.2, 0.25) is 0 Å². The third kappa shape index (κ3) is 4.04. The predicted octanol–water partition coefficient (Wildman–Crippen LogP) is 1.96. The fourth-order valence-electron chi connectivity index (χ4n) is 0.141. The number of hydrogen-bond acceptors (Lipinski definition) is 2.